The molecule has 1 aliphatic heterocycles. The van der Waals surface area contributed by atoms with Crippen molar-refractivity contribution < 1.29 is 58.8 Å². The fourth-order valence-corrected chi connectivity index (χ4v) is 1.39. The van der Waals surface area contributed by atoms with Gasteiger partial charge >= 0.3 is 0 Å². The average Bonchev–Trinajstić information content (AvgIpc) is 2.34. The Kier molecular flexibility index (Phi) is 6.19. The van der Waals surface area contributed by atoms with Crippen LogP contribution in [-0.2, 0) is 60.2 Å². The second kappa shape index (κ2) is 5.70. The predicted octanol–water partition coefficient (Wildman–Crippen LogP) is 0.0289. The summed E-state index contributed by atoms with van der Waals surface area (Å²) in [7, 11) is 0. The number of fused-ring (bicyclic) bond motifs is 1. The average molecular weight is 403 g/mol. The Labute approximate surface area is 113 Å². The first-order chi connectivity index (χ1) is 4.88. The van der Waals surface area contributed by atoms with E-state index < -0.39 is 0 Å². The first-order valence-corrected chi connectivity index (χ1v) is 3.46. The molecule has 1 aromatic rings. The van der Waals surface area contributed by atoms with Crippen LogP contribution < -0.4 is 5.46 Å². The number of aryl methyl sites for hydroxylation is 1. The Morgan fingerprint density at radius 3 is 2.92 bits per heavy atom. The number of hydrogen-bond donors (Lipinski definition) is 1. The molecule has 1 N–H and O–H groups in total. The maximum absolute atomic E-state index is 9.34. The van der Waals surface area contributed by atoms with E-state index in [1.165, 1.54) is 5.56 Å². The molecule has 1 radical (unpaired) electrons. The third kappa shape index (κ3) is 2.51. The second-order valence-electron chi connectivity index (χ2n) is 2.59. The molecule has 59 valence electrons. The standard InChI is InChI=1S/C8H7BO.W.Y/c10-9-6-5-7-3-1-2-4-8(7)9;;/h2-3,10H,5-6H2;;/q-2;;. The third-order valence-electron chi connectivity index (χ3n) is 1.93. The van der Waals surface area contributed by atoms with E-state index in [1.807, 2.05) is 6.07 Å². The summed E-state index contributed by atoms with van der Waals surface area (Å²) in [6, 6.07) is 9.60. The second-order valence-corrected chi connectivity index (χ2v) is 2.59. The van der Waals surface area contributed by atoms with Gasteiger partial charge in [-0.3, -0.25) is 17.1 Å². The smallest absolute Gasteiger partial charge is 0.274 e. The van der Waals surface area contributed by atoms with E-state index >= 15 is 0 Å². The molecule has 0 fully saturated rings. The van der Waals surface area contributed by atoms with Crippen molar-refractivity contribution in [3.05, 3.63) is 29.8 Å². The van der Waals surface area contributed by atoms with Gasteiger partial charge in [-0.25, -0.2) is 0 Å². The molecule has 1 heterocycles. The van der Waals surface area contributed by atoms with Crippen LogP contribution in [0, 0.1) is 12.1 Å². The summed E-state index contributed by atoms with van der Waals surface area (Å²) in [4.78, 5) is 0. The number of hydrogen-bond acceptors (Lipinski definition) is 1. The topological polar surface area (TPSA) is 20.2 Å². The van der Waals surface area contributed by atoms with Gasteiger partial charge in [0.05, 0.1) is 0 Å². The summed E-state index contributed by atoms with van der Waals surface area (Å²) in [6.45, 7) is -0.274. The van der Waals surface area contributed by atoms with E-state index in [2.05, 4.69) is 12.1 Å². The zero-order valence-electron chi connectivity index (χ0n) is 6.58. The number of rotatable bonds is 0. The molecule has 0 saturated carbocycles. The zero-order valence-corrected chi connectivity index (χ0v) is 12.4. The van der Waals surface area contributed by atoms with Gasteiger partial charge in [-0.15, -0.1) is 6.42 Å². The van der Waals surface area contributed by atoms with Gasteiger partial charge < -0.3 is 23.2 Å². The zero-order chi connectivity index (χ0) is 6.97. The van der Waals surface area contributed by atoms with Crippen molar-refractivity contribution in [1.29, 1.82) is 0 Å². The molecular weight excluding hydrogens is 396 g/mol. The first kappa shape index (κ1) is 13.0. The minimum absolute atomic E-state index is 0. The Morgan fingerprint density at radius 1 is 1.50 bits per heavy atom. The van der Waals surface area contributed by atoms with Crippen LogP contribution in [-0.4, -0.2) is 11.9 Å². The summed E-state index contributed by atoms with van der Waals surface area (Å²) in [5, 5.41) is 9.34. The Bertz CT molecular complexity index is 257. The van der Waals surface area contributed by atoms with Crippen LogP contribution in [0.15, 0.2) is 12.1 Å². The number of benzene rings is 1. The van der Waals surface area contributed by atoms with Gasteiger partial charge in [0.2, 0.25) is 0 Å². The Hall–Kier alpha value is 1.04. The van der Waals surface area contributed by atoms with Crippen LogP contribution in [0.3, 0.4) is 0 Å². The van der Waals surface area contributed by atoms with Crippen molar-refractivity contribution in [3.63, 3.8) is 0 Å². The van der Waals surface area contributed by atoms with Gasteiger partial charge in [0.25, 0.3) is 6.92 Å². The summed E-state index contributed by atoms with van der Waals surface area (Å²) >= 11 is 0. The quantitative estimate of drug-likeness (QED) is 0.480. The molecule has 0 atom stereocenters. The minimum atomic E-state index is -0.274. The van der Waals surface area contributed by atoms with Gasteiger partial charge in [0.15, 0.2) is 0 Å². The summed E-state index contributed by atoms with van der Waals surface area (Å²) in [5.41, 5.74) is 2.17. The maximum Gasteiger partial charge on any atom is 0.274 e. The fourth-order valence-electron chi connectivity index (χ4n) is 1.39. The van der Waals surface area contributed by atoms with E-state index in [4.69, 9.17) is 0 Å². The van der Waals surface area contributed by atoms with Crippen LogP contribution in [0.25, 0.3) is 0 Å². The largest absolute Gasteiger partial charge is 0.450 e. The van der Waals surface area contributed by atoms with Gasteiger partial charge in [-0.05, 0) is 0 Å². The summed E-state index contributed by atoms with van der Waals surface area (Å²) in [5.74, 6) is 0. The molecule has 0 spiro atoms. The van der Waals surface area contributed by atoms with E-state index in [0.717, 1.165) is 18.2 Å². The predicted molar refractivity (Wildman–Crippen MR) is 40.2 cm³/mol. The van der Waals surface area contributed by atoms with E-state index in [1.54, 1.807) is 6.07 Å². The fraction of sp³-hybridized carbons (Fsp3) is 0.250. The van der Waals surface area contributed by atoms with Crippen molar-refractivity contribution in [2.24, 2.45) is 0 Å². The van der Waals surface area contributed by atoms with Crippen molar-refractivity contribution in [3.8, 4) is 0 Å². The van der Waals surface area contributed by atoms with Crippen molar-refractivity contribution in [2.75, 3.05) is 0 Å². The molecule has 4 heteroatoms. The minimum Gasteiger partial charge on any atom is -0.450 e. The molecule has 0 amide bonds. The van der Waals surface area contributed by atoms with Crippen LogP contribution in [0.4, 0.5) is 0 Å². The Morgan fingerprint density at radius 2 is 2.25 bits per heavy atom. The molecule has 0 aromatic heterocycles. The van der Waals surface area contributed by atoms with Crippen LogP contribution >= 0.6 is 0 Å². The van der Waals surface area contributed by atoms with Crippen LogP contribution in [0.1, 0.15) is 5.56 Å². The van der Waals surface area contributed by atoms with Gasteiger partial charge in [0, 0.05) is 53.8 Å². The molecule has 12 heavy (non-hydrogen) atoms. The molecule has 0 bridgehead atoms. The van der Waals surface area contributed by atoms with Gasteiger partial charge in [-0.1, -0.05) is 6.32 Å². The van der Waals surface area contributed by atoms with Crippen molar-refractivity contribution >= 4 is 12.4 Å². The van der Waals surface area contributed by atoms with Crippen LogP contribution in [0.5, 0.6) is 0 Å². The van der Waals surface area contributed by atoms with E-state index in [9.17, 15) is 5.02 Å². The molecule has 0 aliphatic carbocycles. The van der Waals surface area contributed by atoms with E-state index in [0.29, 0.717) is 0 Å². The molecule has 1 nitrogen and oxygen atoms in total. The van der Waals surface area contributed by atoms with Crippen molar-refractivity contribution in [1.82, 2.24) is 0 Å². The first-order valence-electron chi connectivity index (χ1n) is 3.46. The molecule has 1 aliphatic rings. The van der Waals surface area contributed by atoms with Crippen LogP contribution in [0.2, 0.25) is 6.32 Å². The van der Waals surface area contributed by atoms with Crippen molar-refractivity contribution in [2.45, 2.75) is 12.7 Å². The van der Waals surface area contributed by atoms with E-state index in [-0.39, 0.29) is 60.7 Å². The maximum atomic E-state index is 9.34. The van der Waals surface area contributed by atoms with Gasteiger partial charge in [0.1, 0.15) is 0 Å². The molecule has 0 saturated heterocycles. The third-order valence-corrected chi connectivity index (χ3v) is 1.93. The SMILES string of the molecule is OB1CCc2c[c-]c[c-]c21.[W].[Y]. The molecule has 2 rings (SSSR count). The Balaban J connectivity index is 0.000000605. The molecule has 1 aromatic carbocycles. The monoisotopic (exact) mass is 403 g/mol. The molecule has 0 unspecified atom stereocenters. The molecular formula is C8H7BOWY-2. The normalized spacial score (nSPS) is 12.9. The summed E-state index contributed by atoms with van der Waals surface area (Å²) < 4.78 is 0. The summed E-state index contributed by atoms with van der Waals surface area (Å²) in [6.07, 6.45) is 1.83. The van der Waals surface area contributed by atoms with Gasteiger partial charge in [-0.2, -0.15) is 0 Å².